The van der Waals surface area contributed by atoms with Crippen LogP contribution < -0.4 is 0 Å². The van der Waals surface area contributed by atoms with Crippen molar-refractivity contribution in [3.05, 3.63) is 29.3 Å². The van der Waals surface area contributed by atoms with Crippen LogP contribution in [0.1, 0.15) is 15.9 Å². The summed E-state index contributed by atoms with van der Waals surface area (Å²) in [5.41, 5.74) is 0.983. The molecule has 10 heteroatoms. The number of benzene rings is 1. The molecule has 0 bridgehead atoms. The molecule has 0 aliphatic carbocycles. The molecule has 1 atom stereocenters. The van der Waals surface area contributed by atoms with Gasteiger partial charge in [0.25, 0.3) is 5.91 Å². The minimum absolute atomic E-state index is 0.0951. The van der Waals surface area contributed by atoms with E-state index in [-0.39, 0.29) is 36.9 Å². The Hall–Kier alpha value is -2.17. The van der Waals surface area contributed by atoms with E-state index in [4.69, 9.17) is 9.84 Å². The molecule has 1 heterocycles. The monoisotopic (exact) mass is 386 g/mol. The Morgan fingerprint density at radius 1 is 1.38 bits per heavy atom. The van der Waals surface area contributed by atoms with Crippen LogP contribution in [-0.2, 0) is 19.6 Å². The first-order chi connectivity index (χ1) is 12.1. The largest absolute Gasteiger partial charge is 0.507 e. The molecule has 9 nitrogen and oxygen atoms in total. The number of nitrogens with zero attached hydrogens (tertiary/aromatic N) is 2. The maximum Gasteiger partial charge on any atom is 0.318 e. The number of phenols is 1. The van der Waals surface area contributed by atoms with Gasteiger partial charge in [-0.2, -0.15) is 4.31 Å². The van der Waals surface area contributed by atoms with Gasteiger partial charge in [0.1, 0.15) is 12.3 Å². The van der Waals surface area contributed by atoms with Gasteiger partial charge in [0, 0.05) is 19.6 Å². The Labute approximate surface area is 151 Å². The lowest BCUT2D eigenvalue weighted by Crippen LogP contribution is -2.51. The number of phenolic OH excluding ortho intramolecular Hbond substituents is 1. The third-order valence-electron chi connectivity index (χ3n) is 4.00. The number of sulfonamides is 1. The van der Waals surface area contributed by atoms with Gasteiger partial charge in [-0.3, -0.25) is 9.59 Å². The molecule has 1 saturated heterocycles. The Balaban J connectivity index is 2.11. The number of amides is 1. The van der Waals surface area contributed by atoms with Crippen molar-refractivity contribution in [2.45, 2.75) is 13.0 Å². The van der Waals surface area contributed by atoms with Gasteiger partial charge in [-0.1, -0.05) is 11.6 Å². The summed E-state index contributed by atoms with van der Waals surface area (Å²) >= 11 is 0. The number of carbonyl (C=O) groups is 2. The Bertz CT molecular complexity index is 794. The van der Waals surface area contributed by atoms with Crippen LogP contribution in [0.4, 0.5) is 0 Å². The van der Waals surface area contributed by atoms with Crippen molar-refractivity contribution in [2.75, 3.05) is 39.0 Å². The predicted octanol–water partition coefficient (Wildman–Crippen LogP) is -0.112. The summed E-state index contributed by atoms with van der Waals surface area (Å²) in [4.78, 5) is 25.0. The van der Waals surface area contributed by atoms with Gasteiger partial charge in [-0.25, -0.2) is 8.42 Å². The Morgan fingerprint density at radius 3 is 2.69 bits per heavy atom. The van der Waals surface area contributed by atoms with Gasteiger partial charge in [0.2, 0.25) is 10.0 Å². The number of morpholine rings is 1. The lowest BCUT2D eigenvalue weighted by molar-refractivity contribution is -0.137. The average Bonchev–Trinajstić information content (AvgIpc) is 2.55. The number of ether oxygens (including phenoxy) is 1. The van der Waals surface area contributed by atoms with E-state index in [1.54, 1.807) is 19.1 Å². The Morgan fingerprint density at radius 2 is 2.08 bits per heavy atom. The van der Waals surface area contributed by atoms with Crippen LogP contribution in [0.2, 0.25) is 0 Å². The van der Waals surface area contributed by atoms with E-state index in [0.29, 0.717) is 6.54 Å². The predicted molar refractivity (Wildman–Crippen MR) is 92.5 cm³/mol. The lowest BCUT2D eigenvalue weighted by Gasteiger charge is -2.35. The van der Waals surface area contributed by atoms with Gasteiger partial charge in [-0.05, 0) is 19.1 Å². The van der Waals surface area contributed by atoms with Gasteiger partial charge >= 0.3 is 5.97 Å². The summed E-state index contributed by atoms with van der Waals surface area (Å²) in [6.45, 7) is 1.53. The van der Waals surface area contributed by atoms with E-state index in [1.165, 1.54) is 11.0 Å². The third kappa shape index (κ3) is 5.16. The van der Waals surface area contributed by atoms with Crippen molar-refractivity contribution in [2.24, 2.45) is 0 Å². The fourth-order valence-corrected chi connectivity index (χ4v) is 3.48. The first-order valence-corrected chi connectivity index (χ1v) is 9.80. The molecule has 2 rings (SSSR count). The molecular formula is C16H22N2O7S. The van der Waals surface area contributed by atoms with Crippen LogP contribution in [0.5, 0.6) is 5.75 Å². The van der Waals surface area contributed by atoms with Crippen molar-refractivity contribution in [3.8, 4) is 5.75 Å². The smallest absolute Gasteiger partial charge is 0.318 e. The van der Waals surface area contributed by atoms with Gasteiger partial charge in [0.05, 0.1) is 24.5 Å². The average molecular weight is 386 g/mol. The highest BCUT2D eigenvalue weighted by Crippen LogP contribution is 2.21. The molecule has 1 fully saturated rings. The quantitative estimate of drug-likeness (QED) is 0.699. The fourth-order valence-electron chi connectivity index (χ4n) is 2.70. The molecule has 144 valence electrons. The summed E-state index contributed by atoms with van der Waals surface area (Å²) in [5, 5.41) is 18.8. The number of carboxylic acids is 1. The van der Waals surface area contributed by atoms with E-state index in [9.17, 15) is 23.1 Å². The van der Waals surface area contributed by atoms with Gasteiger partial charge in [-0.15, -0.1) is 0 Å². The van der Waals surface area contributed by atoms with Crippen molar-refractivity contribution in [3.63, 3.8) is 0 Å². The summed E-state index contributed by atoms with van der Waals surface area (Å²) < 4.78 is 29.8. The maximum absolute atomic E-state index is 12.7. The zero-order valence-electron chi connectivity index (χ0n) is 14.6. The molecule has 2 N–H and O–H groups in total. The number of aliphatic carboxylic acids is 1. The van der Waals surface area contributed by atoms with Crippen molar-refractivity contribution in [1.29, 1.82) is 0 Å². The first-order valence-electron chi connectivity index (χ1n) is 7.95. The highest BCUT2D eigenvalue weighted by Gasteiger charge is 2.30. The standard InChI is InChI=1S/C16H22N2O7S/c1-11-3-4-14(19)13(7-11)16(22)17-5-6-25-12(8-17)9-18(10-15(20)21)26(2,23)24/h3-4,7,12,19H,5-6,8-10H2,1-2H3,(H,20,21). The zero-order valence-corrected chi connectivity index (χ0v) is 15.4. The summed E-state index contributed by atoms with van der Waals surface area (Å²) in [5.74, 6) is -1.79. The summed E-state index contributed by atoms with van der Waals surface area (Å²) in [6, 6.07) is 4.71. The van der Waals surface area contributed by atoms with Crippen molar-refractivity contribution in [1.82, 2.24) is 9.21 Å². The van der Waals surface area contributed by atoms with Crippen molar-refractivity contribution >= 4 is 21.9 Å². The van der Waals surface area contributed by atoms with Crippen LogP contribution in [-0.4, -0.2) is 84.9 Å². The van der Waals surface area contributed by atoms with Crippen LogP contribution in [0.15, 0.2) is 18.2 Å². The van der Waals surface area contributed by atoms with E-state index < -0.39 is 28.6 Å². The highest BCUT2D eigenvalue weighted by molar-refractivity contribution is 7.88. The molecule has 1 aromatic rings. The van der Waals surface area contributed by atoms with E-state index in [2.05, 4.69) is 0 Å². The number of rotatable bonds is 6. The second-order valence-electron chi connectivity index (χ2n) is 6.21. The number of hydrogen-bond acceptors (Lipinski definition) is 6. The highest BCUT2D eigenvalue weighted by atomic mass is 32.2. The molecule has 0 radical (unpaired) electrons. The molecule has 1 aliphatic heterocycles. The molecular weight excluding hydrogens is 364 g/mol. The molecule has 0 aromatic heterocycles. The van der Waals surface area contributed by atoms with Gasteiger partial charge in [0.15, 0.2) is 0 Å². The minimum Gasteiger partial charge on any atom is -0.507 e. The number of carboxylic acid groups (broad SMARTS) is 1. The molecule has 1 aromatic carbocycles. The first kappa shape index (κ1) is 20.1. The van der Waals surface area contributed by atoms with Crippen molar-refractivity contribution < 1.29 is 33.0 Å². The third-order valence-corrected chi connectivity index (χ3v) is 5.21. The zero-order chi connectivity index (χ0) is 19.5. The fraction of sp³-hybridized carbons (Fsp3) is 0.500. The molecule has 26 heavy (non-hydrogen) atoms. The number of aromatic hydroxyl groups is 1. The van der Waals surface area contributed by atoms with Crippen LogP contribution in [0.3, 0.4) is 0 Å². The summed E-state index contributed by atoms with van der Waals surface area (Å²) in [7, 11) is -3.73. The van der Waals surface area contributed by atoms with E-state index in [1.807, 2.05) is 0 Å². The van der Waals surface area contributed by atoms with E-state index >= 15 is 0 Å². The molecule has 0 spiro atoms. The lowest BCUT2D eigenvalue weighted by atomic mass is 10.1. The topological polar surface area (TPSA) is 124 Å². The van der Waals surface area contributed by atoms with Crippen LogP contribution in [0.25, 0.3) is 0 Å². The molecule has 1 unspecified atom stereocenters. The van der Waals surface area contributed by atoms with E-state index in [0.717, 1.165) is 16.1 Å². The SMILES string of the molecule is Cc1ccc(O)c(C(=O)N2CCOC(CN(CC(=O)O)S(C)(=O)=O)C2)c1. The van der Waals surface area contributed by atoms with Gasteiger partial charge < -0.3 is 19.8 Å². The molecule has 1 amide bonds. The minimum atomic E-state index is -3.73. The normalized spacial score (nSPS) is 18.1. The second kappa shape index (κ2) is 8.02. The Kier molecular flexibility index (Phi) is 6.21. The molecule has 1 aliphatic rings. The maximum atomic E-state index is 12.7. The number of aryl methyl sites for hydroxylation is 1. The molecule has 0 saturated carbocycles. The summed E-state index contributed by atoms with van der Waals surface area (Å²) in [6.07, 6.45) is 0.265. The second-order valence-corrected chi connectivity index (χ2v) is 8.20. The van der Waals surface area contributed by atoms with Crippen LogP contribution in [0, 0.1) is 6.92 Å². The number of carbonyl (C=O) groups excluding carboxylic acids is 1. The van der Waals surface area contributed by atoms with Crippen LogP contribution >= 0.6 is 0 Å². The number of hydrogen-bond donors (Lipinski definition) is 2.